The molecule has 3 amide bonds. The molecule has 0 heterocycles. The Labute approximate surface area is 82.0 Å². The maximum Gasteiger partial charge on any atom is 0.321 e. The fraction of sp³-hybridized carbons (Fsp3) is 0.625. The van der Waals surface area contributed by atoms with E-state index in [2.05, 4.69) is 10.1 Å². The van der Waals surface area contributed by atoms with Gasteiger partial charge in [0, 0.05) is 6.54 Å². The van der Waals surface area contributed by atoms with Crippen molar-refractivity contribution in [3.8, 4) is 0 Å². The van der Waals surface area contributed by atoms with Crippen LogP contribution in [0.15, 0.2) is 0 Å². The number of hydrogen-bond acceptors (Lipinski definition) is 4. The first-order valence-electron chi connectivity index (χ1n) is 4.33. The van der Waals surface area contributed by atoms with Gasteiger partial charge in [0.15, 0.2) is 0 Å². The molecule has 0 bridgehead atoms. The van der Waals surface area contributed by atoms with E-state index in [1.165, 1.54) is 0 Å². The van der Waals surface area contributed by atoms with Crippen LogP contribution in [0.25, 0.3) is 0 Å². The highest BCUT2D eigenvalue weighted by Crippen LogP contribution is 1.86. The van der Waals surface area contributed by atoms with E-state index in [1.54, 1.807) is 13.8 Å². The second-order valence-electron chi connectivity index (χ2n) is 2.39. The van der Waals surface area contributed by atoms with Crippen LogP contribution in [0.1, 0.15) is 20.3 Å². The molecule has 0 unspecified atom stereocenters. The van der Waals surface area contributed by atoms with Crippen molar-refractivity contribution in [2.45, 2.75) is 20.3 Å². The van der Waals surface area contributed by atoms with Crippen molar-refractivity contribution in [1.29, 1.82) is 0 Å². The van der Waals surface area contributed by atoms with Gasteiger partial charge in [-0.15, -0.1) is 0 Å². The topological polar surface area (TPSA) is 84.5 Å². The molecule has 2 N–H and O–H groups in total. The van der Waals surface area contributed by atoms with Gasteiger partial charge in [0.1, 0.15) is 6.42 Å². The summed E-state index contributed by atoms with van der Waals surface area (Å²) in [4.78, 5) is 32.5. The molecule has 80 valence electrons. The summed E-state index contributed by atoms with van der Waals surface area (Å²) in [5.74, 6) is -1.32. The standard InChI is InChI=1S/C8H14N2O4/c1-3-9-8(13)10-6(11)5-7(12)14-4-2/h3-5H2,1-2H3,(H2,9,10,11,13). The maximum atomic E-state index is 10.9. The molecule has 0 aliphatic heterocycles. The van der Waals surface area contributed by atoms with E-state index in [4.69, 9.17) is 0 Å². The molecular formula is C8H14N2O4. The van der Waals surface area contributed by atoms with Crippen LogP contribution in [0, 0.1) is 0 Å². The van der Waals surface area contributed by atoms with Gasteiger partial charge in [-0.05, 0) is 13.8 Å². The fourth-order valence-electron chi connectivity index (χ4n) is 0.719. The highest BCUT2D eigenvalue weighted by Gasteiger charge is 2.12. The predicted octanol–water partition coefficient (Wildman–Crippen LogP) is -0.215. The molecule has 6 nitrogen and oxygen atoms in total. The molecule has 0 aromatic heterocycles. The summed E-state index contributed by atoms with van der Waals surface area (Å²) < 4.78 is 4.52. The van der Waals surface area contributed by atoms with E-state index < -0.39 is 24.3 Å². The Balaban J connectivity index is 3.75. The Morgan fingerprint density at radius 2 is 1.86 bits per heavy atom. The van der Waals surface area contributed by atoms with Crippen LogP contribution in [0.5, 0.6) is 0 Å². The van der Waals surface area contributed by atoms with E-state index in [0.29, 0.717) is 6.54 Å². The lowest BCUT2D eigenvalue weighted by atomic mass is 10.4. The quantitative estimate of drug-likeness (QED) is 0.487. The number of hydrogen-bond donors (Lipinski definition) is 2. The average molecular weight is 202 g/mol. The van der Waals surface area contributed by atoms with Crippen molar-refractivity contribution >= 4 is 17.9 Å². The lowest BCUT2D eigenvalue weighted by Crippen LogP contribution is -2.40. The SMILES string of the molecule is CCNC(=O)NC(=O)CC(=O)OCC. The molecule has 0 saturated heterocycles. The number of ether oxygens (including phenoxy) is 1. The molecule has 6 heteroatoms. The molecular weight excluding hydrogens is 188 g/mol. The molecule has 0 radical (unpaired) electrons. The summed E-state index contributed by atoms with van der Waals surface area (Å²) in [6.07, 6.45) is -0.440. The number of amides is 3. The van der Waals surface area contributed by atoms with Crippen molar-refractivity contribution < 1.29 is 19.1 Å². The summed E-state index contributed by atoms with van der Waals surface area (Å²) in [5, 5.41) is 4.34. The summed E-state index contributed by atoms with van der Waals surface area (Å²) in [6.45, 7) is 3.99. The number of carbonyl (C=O) groups is 3. The maximum absolute atomic E-state index is 10.9. The zero-order valence-electron chi connectivity index (χ0n) is 8.25. The minimum Gasteiger partial charge on any atom is -0.466 e. The Morgan fingerprint density at radius 3 is 2.36 bits per heavy atom. The molecule has 14 heavy (non-hydrogen) atoms. The first kappa shape index (κ1) is 12.4. The molecule has 0 saturated carbocycles. The van der Waals surface area contributed by atoms with E-state index in [0.717, 1.165) is 0 Å². The molecule has 0 atom stereocenters. The van der Waals surface area contributed by atoms with Gasteiger partial charge in [-0.3, -0.25) is 14.9 Å². The van der Waals surface area contributed by atoms with E-state index in [9.17, 15) is 14.4 Å². The van der Waals surface area contributed by atoms with Crippen molar-refractivity contribution in [3.63, 3.8) is 0 Å². The Hall–Kier alpha value is -1.59. The molecule has 0 spiro atoms. The normalized spacial score (nSPS) is 9.00. The van der Waals surface area contributed by atoms with E-state index >= 15 is 0 Å². The van der Waals surface area contributed by atoms with Crippen molar-refractivity contribution in [2.24, 2.45) is 0 Å². The van der Waals surface area contributed by atoms with Gasteiger partial charge >= 0.3 is 12.0 Å². The monoisotopic (exact) mass is 202 g/mol. The van der Waals surface area contributed by atoms with Crippen LogP contribution in [0.2, 0.25) is 0 Å². The summed E-state index contributed by atoms with van der Waals surface area (Å²) in [7, 11) is 0. The van der Waals surface area contributed by atoms with Gasteiger partial charge in [0.25, 0.3) is 0 Å². The second kappa shape index (κ2) is 6.88. The van der Waals surface area contributed by atoms with Crippen molar-refractivity contribution in [3.05, 3.63) is 0 Å². The fourth-order valence-corrected chi connectivity index (χ4v) is 0.719. The second-order valence-corrected chi connectivity index (χ2v) is 2.39. The van der Waals surface area contributed by atoms with Crippen LogP contribution < -0.4 is 10.6 Å². The summed E-state index contributed by atoms with van der Waals surface area (Å²) in [6, 6.07) is -0.609. The van der Waals surface area contributed by atoms with Gasteiger partial charge in [0.05, 0.1) is 6.61 Å². The Morgan fingerprint density at radius 1 is 1.21 bits per heavy atom. The minimum atomic E-state index is -0.672. The lowest BCUT2D eigenvalue weighted by molar-refractivity contribution is -0.145. The van der Waals surface area contributed by atoms with Crippen molar-refractivity contribution in [1.82, 2.24) is 10.6 Å². The van der Waals surface area contributed by atoms with Crippen LogP contribution in [0.4, 0.5) is 4.79 Å². The highest BCUT2D eigenvalue weighted by atomic mass is 16.5. The lowest BCUT2D eigenvalue weighted by Gasteiger charge is -2.03. The molecule has 0 aromatic carbocycles. The number of imide groups is 1. The number of carbonyl (C=O) groups excluding carboxylic acids is 3. The van der Waals surface area contributed by atoms with Crippen molar-refractivity contribution in [2.75, 3.05) is 13.2 Å². The number of urea groups is 1. The van der Waals surface area contributed by atoms with Gasteiger partial charge in [0.2, 0.25) is 5.91 Å². The zero-order chi connectivity index (χ0) is 11.0. The predicted molar refractivity (Wildman–Crippen MR) is 48.5 cm³/mol. The Kier molecular flexibility index (Phi) is 6.09. The van der Waals surface area contributed by atoms with Crippen LogP contribution in [0.3, 0.4) is 0 Å². The minimum absolute atomic E-state index is 0.216. The zero-order valence-corrected chi connectivity index (χ0v) is 8.25. The summed E-state index contributed by atoms with van der Waals surface area (Å²) >= 11 is 0. The highest BCUT2D eigenvalue weighted by molar-refractivity contribution is 6.02. The largest absolute Gasteiger partial charge is 0.466 e. The smallest absolute Gasteiger partial charge is 0.321 e. The average Bonchev–Trinajstić information content (AvgIpc) is 2.03. The molecule has 0 rings (SSSR count). The van der Waals surface area contributed by atoms with Crippen LogP contribution >= 0.6 is 0 Å². The Bertz CT molecular complexity index is 205. The first-order valence-corrected chi connectivity index (χ1v) is 4.33. The van der Waals surface area contributed by atoms with E-state index in [1.807, 2.05) is 5.32 Å². The molecule has 0 aliphatic carbocycles. The number of esters is 1. The van der Waals surface area contributed by atoms with Crippen LogP contribution in [-0.2, 0) is 14.3 Å². The van der Waals surface area contributed by atoms with Gasteiger partial charge in [-0.2, -0.15) is 0 Å². The molecule has 0 aromatic rings. The van der Waals surface area contributed by atoms with E-state index in [-0.39, 0.29) is 6.61 Å². The third kappa shape index (κ3) is 5.99. The van der Waals surface area contributed by atoms with Crippen LogP contribution in [-0.4, -0.2) is 31.1 Å². The summed E-state index contributed by atoms with van der Waals surface area (Å²) in [5.41, 5.74) is 0. The van der Waals surface area contributed by atoms with Gasteiger partial charge in [-0.25, -0.2) is 4.79 Å². The number of rotatable bonds is 4. The first-order chi connectivity index (χ1) is 6.60. The van der Waals surface area contributed by atoms with Gasteiger partial charge < -0.3 is 10.1 Å². The molecule has 0 aliphatic rings. The van der Waals surface area contributed by atoms with Gasteiger partial charge in [-0.1, -0.05) is 0 Å². The number of nitrogens with one attached hydrogen (secondary N) is 2. The third-order valence-electron chi connectivity index (χ3n) is 1.20. The molecule has 0 fully saturated rings. The third-order valence-corrected chi connectivity index (χ3v) is 1.20.